The van der Waals surface area contributed by atoms with Gasteiger partial charge < -0.3 is 9.84 Å². The highest BCUT2D eigenvalue weighted by Crippen LogP contribution is 2.17. The second kappa shape index (κ2) is 6.40. The van der Waals surface area contributed by atoms with Gasteiger partial charge in [0, 0.05) is 31.5 Å². The summed E-state index contributed by atoms with van der Waals surface area (Å²) in [5, 5.41) is 11.8. The number of hydrogen-bond donors (Lipinski definition) is 1. The van der Waals surface area contributed by atoms with Gasteiger partial charge in [-0.05, 0) is 19.1 Å². The van der Waals surface area contributed by atoms with Crippen LogP contribution in [0.1, 0.15) is 22.8 Å². The van der Waals surface area contributed by atoms with Crippen LogP contribution in [0.4, 0.5) is 5.95 Å². The van der Waals surface area contributed by atoms with Crippen molar-refractivity contribution in [3.8, 4) is 0 Å². The Morgan fingerprint density at radius 1 is 1.21 bits per heavy atom. The number of aromatic nitrogens is 5. The lowest BCUT2D eigenvalue weighted by molar-refractivity contribution is 0.183. The molecule has 1 aliphatic rings. The minimum atomic E-state index is 0.616. The van der Waals surface area contributed by atoms with E-state index in [4.69, 9.17) is 4.52 Å². The Bertz CT molecular complexity index is 811. The molecule has 0 aliphatic carbocycles. The second-order valence-electron chi connectivity index (χ2n) is 5.92. The third-order valence-corrected chi connectivity index (χ3v) is 3.98. The molecule has 0 fully saturated rings. The Morgan fingerprint density at radius 3 is 2.88 bits per heavy atom. The normalized spacial score (nSPS) is 14.5. The molecule has 8 nitrogen and oxygen atoms in total. The van der Waals surface area contributed by atoms with E-state index in [2.05, 4.69) is 41.2 Å². The van der Waals surface area contributed by atoms with Crippen molar-refractivity contribution < 1.29 is 4.52 Å². The Balaban J connectivity index is 1.38. The first-order valence-electron chi connectivity index (χ1n) is 7.97. The molecule has 0 saturated heterocycles. The fraction of sp³-hybridized carbons (Fsp3) is 0.375. The van der Waals surface area contributed by atoms with Crippen molar-refractivity contribution in [2.45, 2.75) is 33.1 Å². The van der Waals surface area contributed by atoms with Crippen molar-refractivity contribution in [1.82, 2.24) is 29.8 Å². The van der Waals surface area contributed by atoms with Crippen molar-refractivity contribution >= 4 is 5.95 Å². The molecule has 1 aliphatic heterocycles. The van der Waals surface area contributed by atoms with Crippen LogP contribution in [-0.4, -0.2) is 36.3 Å². The number of anilines is 1. The molecule has 0 amide bonds. The van der Waals surface area contributed by atoms with E-state index < -0.39 is 0 Å². The molecular weight excluding hydrogens is 306 g/mol. The topological polar surface area (TPSA) is 84.9 Å². The summed E-state index contributed by atoms with van der Waals surface area (Å²) in [5.41, 5.74) is 3.13. The lowest BCUT2D eigenvalue weighted by Gasteiger charge is -2.26. The van der Waals surface area contributed by atoms with E-state index in [1.807, 2.05) is 13.0 Å². The molecule has 3 aromatic rings. The number of rotatable bonds is 5. The van der Waals surface area contributed by atoms with Crippen LogP contribution in [0.5, 0.6) is 0 Å². The van der Waals surface area contributed by atoms with Gasteiger partial charge in [-0.15, -0.1) is 0 Å². The van der Waals surface area contributed by atoms with Crippen LogP contribution in [0, 0.1) is 6.92 Å². The molecule has 0 unspecified atom stereocenters. The average Bonchev–Trinajstić information content (AvgIpc) is 3.19. The Kier molecular flexibility index (Phi) is 3.96. The largest absolute Gasteiger partial charge is 0.360 e. The van der Waals surface area contributed by atoms with Gasteiger partial charge in [-0.25, -0.2) is 9.97 Å². The maximum atomic E-state index is 5.31. The molecule has 4 heterocycles. The molecular formula is C16H19N7O. The minimum Gasteiger partial charge on any atom is -0.360 e. The summed E-state index contributed by atoms with van der Waals surface area (Å²) in [4.78, 5) is 10.7. The maximum absolute atomic E-state index is 5.31. The molecule has 4 rings (SSSR count). The van der Waals surface area contributed by atoms with E-state index in [9.17, 15) is 0 Å². The highest BCUT2D eigenvalue weighted by Gasteiger charge is 2.19. The first kappa shape index (κ1) is 14.8. The van der Waals surface area contributed by atoms with Gasteiger partial charge in [-0.3, -0.25) is 9.58 Å². The molecule has 3 aromatic heterocycles. The maximum Gasteiger partial charge on any atom is 0.222 e. The molecule has 8 heteroatoms. The van der Waals surface area contributed by atoms with Gasteiger partial charge in [0.15, 0.2) is 5.76 Å². The summed E-state index contributed by atoms with van der Waals surface area (Å²) in [6, 6.07) is 5.92. The summed E-state index contributed by atoms with van der Waals surface area (Å²) < 4.78 is 7.38. The van der Waals surface area contributed by atoms with Crippen LogP contribution in [0.3, 0.4) is 0 Å². The Morgan fingerprint density at radius 2 is 2.08 bits per heavy atom. The van der Waals surface area contributed by atoms with Crippen molar-refractivity contribution in [3.05, 3.63) is 53.4 Å². The van der Waals surface area contributed by atoms with E-state index in [-0.39, 0.29) is 0 Å². The summed E-state index contributed by atoms with van der Waals surface area (Å²) in [5.74, 6) is 1.52. The fourth-order valence-electron chi connectivity index (χ4n) is 2.87. The van der Waals surface area contributed by atoms with Gasteiger partial charge in [0.25, 0.3) is 0 Å². The predicted octanol–water partition coefficient (Wildman–Crippen LogP) is 1.60. The average molecular weight is 325 g/mol. The van der Waals surface area contributed by atoms with Crippen LogP contribution in [0.15, 0.2) is 35.1 Å². The number of aryl methyl sites for hydroxylation is 1. The molecule has 124 valence electrons. The van der Waals surface area contributed by atoms with E-state index in [0.717, 1.165) is 43.3 Å². The summed E-state index contributed by atoms with van der Waals surface area (Å²) >= 11 is 0. The number of fused-ring (bicyclic) bond motifs is 1. The number of nitrogens with one attached hydrogen (secondary N) is 1. The summed E-state index contributed by atoms with van der Waals surface area (Å²) in [6.45, 7) is 6.01. The van der Waals surface area contributed by atoms with Crippen LogP contribution in [0.25, 0.3) is 0 Å². The standard InChI is InChI=1S/C16H19N7O/c1-12-7-15(24-21-12)11-22-5-6-23-14(10-22)8-13(20-23)9-19-16-17-3-2-4-18-16/h2-4,7-8H,5-6,9-11H2,1H3,(H,17,18,19). The zero-order valence-corrected chi connectivity index (χ0v) is 13.5. The van der Waals surface area contributed by atoms with Gasteiger partial charge in [0.1, 0.15) is 0 Å². The highest BCUT2D eigenvalue weighted by atomic mass is 16.5. The number of hydrogen-bond acceptors (Lipinski definition) is 7. The monoisotopic (exact) mass is 325 g/mol. The number of nitrogens with zero attached hydrogens (tertiary/aromatic N) is 6. The zero-order valence-electron chi connectivity index (χ0n) is 13.5. The second-order valence-corrected chi connectivity index (χ2v) is 5.92. The Hall–Kier alpha value is -2.74. The third-order valence-electron chi connectivity index (χ3n) is 3.98. The lowest BCUT2D eigenvalue weighted by Crippen LogP contribution is -2.33. The van der Waals surface area contributed by atoms with Gasteiger partial charge in [0.2, 0.25) is 5.95 Å². The summed E-state index contributed by atoms with van der Waals surface area (Å²) in [7, 11) is 0. The van der Waals surface area contributed by atoms with Gasteiger partial charge >= 0.3 is 0 Å². The molecule has 0 radical (unpaired) electrons. The highest BCUT2D eigenvalue weighted by molar-refractivity contribution is 5.24. The van der Waals surface area contributed by atoms with Crippen molar-refractivity contribution in [3.63, 3.8) is 0 Å². The fourth-order valence-corrected chi connectivity index (χ4v) is 2.87. The van der Waals surface area contributed by atoms with Crippen LogP contribution in [0.2, 0.25) is 0 Å². The van der Waals surface area contributed by atoms with Crippen LogP contribution in [-0.2, 0) is 26.2 Å². The first-order valence-corrected chi connectivity index (χ1v) is 7.97. The smallest absolute Gasteiger partial charge is 0.222 e. The summed E-state index contributed by atoms with van der Waals surface area (Å²) in [6.07, 6.45) is 3.44. The van der Waals surface area contributed by atoms with Crippen molar-refractivity contribution in [1.29, 1.82) is 0 Å². The SMILES string of the molecule is Cc1cc(CN2CCn3nc(CNc4ncccn4)cc3C2)on1. The van der Waals surface area contributed by atoms with Crippen LogP contribution < -0.4 is 5.32 Å². The van der Waals surface area contributed by atoms with E-state index >= 15 is 0 Å². The Labute approximate surface area is 139 Å². The molecule has 0 atom stereocenters. The molecule has 0 spiro atoms. The van der Waals surface area contributed by atoms with E-state index in [1.54, 1.807) is 18.5 Å². The molecule has 0 saturated carbocycles. The molecule has 0 bridgehead atoms. The predicted molar refractivity (Wildman–Crippen MR) is 86.9 cm³/mol. The van der Waals surface area contributed by atoms with E-state index in [0.29, 0.717) is 12.5 Å². The minimum absolute atomic E-state index is 0.616. The van der Waals surface area contributed by atoms with Crippen molar-refractivity contribution in [2.24, 2.45) is 0 Å². The van der Waals surface area contributed by atoms with Crippen molar-refractivity contribution in [2.75, 3.05) is 11.9 Å². The zero-order chi connectivity index (χ0) is 16.4. The van der Waals surface area contributed by atoms with Gasteiger partial charge in [-0.1, -0.05) is 5.16 Å². The van der Waals surface area contributed by atoms with Gasteiger partial charge in [-0.2, -0.15) is 5.10 Å². The van der Waals surface area contributed by atoms with Gasteiger partial charge in [0.05, 0.1) is 36.7 Å². The molecule has 24 heavy (non-hydrogen) atoms. The quantitative estimate of drug-likeness (QED) is 0.762. The molecule has 1 N–H and O–H groups in total. The third kappa shape index (κ3) is 3.28. The molecule has 0 aromatic carbocycles. The first-order chi connectivity index (χ1) is 11.8. The van der Waals surface area contributed by atoms with Crippen LogP contribution >= 0.6 is 0 Å². The lowest BCUT2D eigenvalue weighted by atomic mass is 10.2. The van der Waals surface area contributed by atoms with E-state index in [1.165, 1.54) is 5.69 Å².